The van der Waals surface area contributed by atoms with E-state index in [1.807, 2.05) is 24.3 Å². The Morgan fingerprint density at radius 1 is 1.19 bits per heavy atom. The van der Waals surface area contributed by atoms with E-state index in [2.05, 4.69) is 0 Å². The second-order valence-electron chi connectivity index (χ2n) is 4.05. The van der Waals surface area contributed by atoms with Crippen LogP contribution in [0.25, 0.3) is 0 Å². The van der Waals surface area contributed by atoms with Gasteiger partial charge in [-0.1, -0.05) is 36.5 Å². The largest absolute Gasteiger partial charge is 0.272 e. The summed E-state index contributed by atoms with van der Waals surface area (Å²) >= 11 is 0. The molecule has 0 bridgehead atoms. The van der Waals surface area contributed by atoms with Crippen molar-refractivity contribution in [2.24, 2.45) is 17.7 Å². The minimum absolute atomic E-state index is 0.144. The number of nitrogens with zero attached hydrogens (tertiary/aromatic N) is 1. The van der Waals surface area contributed by atoms with Gasteiger partial charge in [0.2, 0.25) is 0 Å². The molecule has 3 rings (SSSR count). The standard InChI is InChI=1S/C12H10N2O2/c13-14-11(15)8-5-1-3-7-4-2-6-9(10(7)8)12(14)16/h1-6,8,10H,13H2. The van der Waals surface area contributed by atoms with Crippen LogP contribution in [-0.4, -0.2) is 16.8 Å². The molecule has 0 radical (unpaired) electrons. The number of amides is 2. The summed E-state index contributed by atoms with van der Waals surface area (Å²) in [4.78, 5) is 23.7. The normalized spacial score (nSPS) is 31.2. The zero-order valence-electron chi connectivity index (χ0n) is 8.46. The monoisotopic (exact) mass is 214 g/mol. The van der Waals surface area contributed by atoms with Crippen LogP contribution in [0.4, 0.5) is 0 Å². The number of carbonyl (C=O) groups is 2. The summed E-state index contributed by atoms with van der Waals surface area (Å²) in [5.74, 6) is 4.28. The lowest BCUT2D eigenvalue weighted by molar-refractivity contribution is -0.148. The molecular formula is C12H10N2O2. The van der Waals surface area contributed by atoms with Crippen molar-refractivity contribution in [2.75, 3.05) is 0 Å². The molecule has 1 fully saturated rings. The van der Waals surface area contributed by atoms with E-state index in [0.29, 0.717) is 5.57 Å². The average Bonchev–Trinajstić information content (AvgIpc) is 2.33. The zero-order valence-corrected chi connectivity index (χ0v) is 8.46. The molecule has 0 saturated carbocycles. The van der Waals surface area contributed by atoms with Gasteiger partial charge in [-0.2, -0.15) is 0 Å². The van der Waals surface area contributed by atoms with Crippen molar-refractivity contribution >= 4 is 11.8 Å². The molecule has 4 heteroatoms. The summed E-state index contributed by atoms with van der Waals surface area (Å²) in [5.41, 5.74) is 1.60. The summed E-state index contributed by atoms with van der Waals surface area (Å²) in [6.07, 6.45) is 11.0. The highest BCUT2D eigenvalue weighted by molar-refractivity contribution is 6.09. The minimum Gasteiger partial charge on any atom is -0.272 e. The van der Waals surface area contributed by atoms with E-state index in [0.717, 1.165) is 10.6 Å². The number of hydrogen-bond donors (Lipinski definition) is 1. The first kappa shape index (κ1) is 9.30. The van der Waals surface area contributed by atoms with Gasteiger partial charge in [0.1, 0.15) is 0 Å². The van der Waals surface area contributed by atoms with Gasteiger partial charge in [-0.15, -0.1) is 0 Å². The number of allylic oxidation sites excluding steroid dienone is 6. The molecule has 2 N–H and O–H groups in total. The van der Waals surface area contributed by atoms with Crippen molar-refractivity contribution in [3.05, 3.63) is 47.6 Å². The molecular weight excluding hydrogens is 204 g/mol. The van der Waals surface area contributed by atoms with E-state index >= 15 is 0 Å². The minimum atomic E-state index is -0.392. The summed E-state index contributed by atoms with van der Waals surface area (Å²) in [6.45, 7) is 0. The maximum absolute atomic E-state index is 11.9. The molecule has 4 nitrogen and oxygen atoms in total. The highest BCUT2D eigenvalue weighted by Gasteiger charge is 2.44. The molecule has 1 saturated heterocycles. The molecule has 0 aromatic rings. The number of rotatable bonds is 0. The Labute approximate surface area is 92.4 Å². The fourth-order valence-corrected chi connectivity index (χ4v) is 2.44. The summed E-state index contributed by atoms with van der Waals surface area (Å²) < 4.78 is 0. The Balaban J connectivity index is 2.18. The van der Waals surface area contributed by atoms with E-state index in [9.17, 15) is 9.59 Å². The fourth-order valence-electron chi connectivity index (χ4n) is 2.44. The van der Waals surface area contributed by atoms with Crippen LogP contribution >= 0.6 is 0 Å². The van der Waals surface area contributed by atoms with Crippen LogP contribution in [0.1, 0.15) is 0 Å². The van der Waals surface area contributed by atoms with Gasteiger partial charge < -0.3 is 0 Å². The molecule has 2 unspecified atom stereocenters. The second kappa shape index (κ2) is 3.02. The molecule has 1 aliphatic heterocycles. The second-order valence-corrected chi connectivity index (χ2v) is 4.05. The lowest BCUT2D eigenvalue weighted by Crippen LogP contribution is -2.54. The molecule has 80 valence electrons. The van der Waals surface area contributed by atoms with Crippen LogP contribution in [0.3, 0.4) is 0 Å². The molecule has 0 aromatic heterocycles. The van der Waals surface area contributed by atoms with Crippen molar-refractivity contribution in [3.8, 4) is 0 Å². The molecule has 2 amide bonds. The van der Waals surface area contributed by atoms with Crippen molar-refractivity contribution < 1.29 is 9.59 Å². The number of piperidine rings is 1. The average molecular weight is 214 g/mol. The Morgan fingerprint density at radius 3 is 2.81 bits per heavy atom. The first-order valence-electron chi connectivity index (χ1n) is 5.10. The Kier molecular flexibility index (Phi) is 1.76. The molecule has 1 heterocycles. The molecule has 3 aliphatic rings. The van der Waals surface area contributed by atoms with Crippen molar-refractivity contribution in [3.63, 3.8) is 0 Å². The first-order valence-corrected chi connectivity index (χ1v) is 5.10. The Hall–Kier alpha value is -1.94. The summed E-state index contributed by atoms with van der Waals surface area (Å²) in [7, 11) is 0. The lowest BCUT2D eigenvalue weighted by atomic mass is 9.72. The number of carbonyl (C=O) groups excluding carboxylic acids is 2. The fraction of sp³-hybridized carbons (Fsp3) is 0.167. The van der Waals surface area contributed by atoms with Crippen LogP contribution in [0, 0.1) is 11.8 Å². The number of imide groups is 1. The maximum Gasteiger partial charge on any atom is 0.271 e. The van der Waals surface area contributed by atoms with Crippen molar-refractivity contribution in [2.45, 2.75) is 0 Å². The van der Waals surface area contributed by atoms with Crippen LogP contribution < -0.4 is 5.84 Å². The van der Waals surface area contributed by atoms with Gasteiger partial charge in [-0.3, -0.25) is 9.59 Å². The van der Waals surface area contributed by atoms with Gasteiger partial charge in [-0.05, 0) is 5.57 Å². The summed E-state index contributed by atoms with van der Waals surface area (Å²) in [6, 6.07) is 0. The highest BCUT2D eigenvalue weighted by Crippen LogP contribution is 2.40. The van der Waals surface area contributed by atoms with E-state index in [-0.39, 0.29) is 17.7 Å². The third kappa shape index (κ3) is 1.02. The lowest BCUT2D eigenvalue weighted by Gasteiger charge is -2.37. The van der Waals surface area contributed by atoms with E-state index < -0.39 is 5.91 Å². The number of hydrogen-bond acceptors (Lipinski definition) is 3. The molecule has 2 atom stereocenters. The van der Waals surface area contributed by atoms with E-state index in [1.165, 1.54) is 0 Å². The van der Waals surface area contributed by atoms with E-state index in [4.69, 9.17) is 5.84 Å². The van der Waals surface area contributed by atoms with Crippen molar-refractivity contribution in [1.82, 2.24) is 5.01 Å². The van der Waals surface area contributed by atoms with E-state index in [1.54, 1.807) is 12.2 Å². The first-order chi connectivity index (χ1) is 7.70. The van der Waals surface area contributed by atoms with Crippen LogP contribution in [0.5, 0.6) is 0 Å². The van der Waals surface area contributed by atoms with Gasteiger partial charge in [0.05, 0.1) is 5.92 Å². The summed E-state index contributed by atoms with van der Waals surface area (Å²) in [5, 5.41) is 0.722. The smallest absolute Gasteiger partial charge is 0.271 e. The zero-order chi connectivity index (χ0) is 11.3. The molecule has 16 heavy (non-hydrogen) atoms. The third-order valence-corrected chi connectivity index (χ3v) is 3.21. The van der Waals surface area contributed by atoms with Gasteiger partial charge in [-0.25, -0.2) is 10.9 Å². The Bertz CT molecular complexity index is 511. The molecule has 0 aromatic carbocycles. The third-order valence-electron chi connectivity index (χ3n) is 3.21. The maximum atomic E-state index is 11.9. The predicted octanol–water partition coefficient (Wildman–Crippen LogP) is 0.454. The predicted molar refractivity (Wildman–Crippen MR) is 57.5 cm³/mol. The quantitative estimate of drug-likeness (QED) is 0.362. The Morgan fingerprint density at radius 2 is 2.00 bits per heavy atom. The van der Waals surface area contributed by atoms with Crippen LogP contribution in [0.15, 0.2) is 47.6 Å². The highest BCUT2D eigenvalue weighted by atomic mass is 16.2. The SMILES string of the molecule is NN1C(=O)C2=CC=CC3=CC=CC(C1=O)C32. The van der Waals surface area contributed by atoms with Gasteiger partial charge in [0.15, 0.2) is 0 Å². The topological polar surface area (TPSA) is 63.4 Å². The van der Waals surface area contributed by atoms with Crippen molar-refractivity contribution in [1.29, 1.82) is 0 Å². The number of hydrazine groups is 1. The molecule has 2 aliphatic carbocycles. The molecule has 0 spiro atoms. The number of nitrogens with two attached hydrogens (primary N) is 1. The van der Waals surface area contributed by atoms with Gasteiger partial charge >= 0.3 is 0 Å². The van der Waals surface area contributed by atoms with Crippen LogP contribution in [-0.2, 0) is 9.59 Å². The van der Waals surface area contributed by atoms with Crippen LogP contribution in [0.2, 0.25) is 0 Å². The van der Waals surface area contributed by atoms with Gasteiger partial charge in [0, 0.05) is 11.5 Å². The van der Waals surface area contributed by atoms with Gasteiger partial charge in [0.25, 0.3) is 11.8 Å².